The maximum Gasteiger partial charge on any atom is 0.243 e. The Hall–Kier alpha value is -2.94. The van der Waals surface area contributed by atoms with Gasteiger partial charge in [-0.3, -0.25) is 0 Å². The van der Waals surface area contributed by atoms with Crippen LogP contribution in [0.25, 0.3) is 27.8 Å². The number of nitrogens with one attached hydrogen (secondary N) is 1. The largest absolute Gasteiger partial charge is 0.337 e. The lowest BCUT2D eigenvalue weighted by molar-refractivity contribution is 0.445. The van der Waals surface area contributed by atoms with Crippen molar-refractivity contribution < 1.29 is 8.42 Å². The van der Waals surface area contributed by atoms with Crippen LogP contribution in [0.1, 0.15) is 25.2 Å². The van der Waals surface area contributed by atoms with Gasteiger partial charge in [0.1, 0.15) is 5.82 Å². The van der Waals surface area contributed by atoms with Crippen molar-refractivity contribution in [1.29, 1.82) is 0 Å². The second-order valence-electron chi connectivity index (χ2n) is 6.90. The first-order valence-electron chi connectivity index (χ1n) is 9.90. The van der Waals surface area contributed by atoms with Crippen LogP contribution >= 0.6 is 11.6 Å². The van der Waals surface area contributed by atoms with Crippen molar-refractivity contribution in [3.8, 4) is 5.69 Å². The molecular formula is C22H22ClN5O2S. The zero-order chi connectivity index (χ0) is 22.0. The standard InChI is InChI=1S/C22H22ClN5O2S/c1-3-27(4-2)31(29,30)18-10-11-20-21(13-18)26-22(25-20)19(23)12-16-14-24-28(15-16)17-8-6-5-7-9-17/h5-15H,3-4H2,1-2H3,(H,25,26)/b19-12-. The number of para-hydroxylation sites is 1. The molecule has 4 rings (SSSR count). The summed E-state index contributed by atoms with van der Waals surface area (Å²) in [6.45, 7) is 4.46. The highest BCUT2D eigenvalue weighted by molar-refractivity contribution is 7.89. The molecule has 0 saturated heterocycles. The highest BCUT2D eigenvalue weighted by atomic mass is 35.5. The fraction of sp³-hybridized carbons (Fsp3) is 0.182. The minimum absolute atomic E-state index is 0.225. The molecular weight excluding hydrogens is 434 g/mol. The van der Waals surface area contributed by atoms with Gasteiger partial charge in [0.2, 0.25) is 10.0 Å². The number of aromatic amines is 1. The van der Waals surface area contributed by atoms with E-state index in [0.717, 1.165) is 11.3 Å². The number of hydrogen-bond acceptors (Lipinski definition) is 4. The third kappa shape index (κ3) is 4.27. The number of halogens is 1. The second kappa shape index (κ2) is 8.66. The van der Waals surface area contributed by atoms with E-state index in [0.29, 0.717) is 35.0 Å². The Kier molecular flexibility index (Phi) is 5.95. The lowest BCUT2D eigenvalue weighted by Crippen LogP contribution is -2.30. The summed E-state index contributed by atoms with van der Waals surface area (Å²) >= 11 is 6.50. The molecule has 0 unspecified atom stereocenters. The number of rotatable bonds is 7. The number of benzene rings is 2. The van der Waals surface area contributed by atoms with Gasteiger partial charge in [0.05, 0.1) is 32.8 Å². The van der Waals surface area contributed by atoms with Gasteiger partial charge in [-0.1, -0.05) is 43.6 Å². The van der Waals surface area contributed by atoms with Gasteiger partial charge in [-0.25, -0.2) is 18.1 Å². The maximum absolute atomic E-state index is 12.8. The van der Waals surface area contributed by atoms with Crippen LogP contribution in [0.4, 0.5) is 0 Å². The van der Waals surface area contributed by atoms with Gasteiger partial charge in [-0.2, -0.15) is 9.40 Å². The number of fused-ring (bicyclic) bond motifs is 1. The number of sulfonamides is 1. The molecule has 0 aliphatic carbocycles. The lowest BCUT2D eigenvalue weighted by atomic mass is 10.3. The molecule has 31 heavy (non-hydrogen) atoms. The molecule has 9 heteroatoms. The SMILES string of the molecule is CCN(CC)S(=O)(=O)c1ccc2nc(/C(Cl)=C/c3cnn(-c4ccccc4)c3)[nH]c2c1. The van der Waals surface area contributed by atoms with Crippen LogP contribution in [0, 0.1) is 0 Å². The molecule has 7 nitrogen and oxygen atoms in total. The van der Waals surface area contributed by atoms with Gasteiger partial charge >= 0.3 is 0 Å². The summed E-state index contributed by atoms with van der Waals surface area (Å²) in [6, 6.07) is 14.6. The smallest absolute Gasteiger partial charge is 0.243 e. The van der Waals surface area contributed by atoms with Crippen LogP contribution in [0.3, 0.4) is 0 Å². The Bertz CT molecular complexity index is 1340. The van der Waals surface area contributed by atoms with Gasteiger partial charge in [-0.15, -0.1) is 0 Å². The first-order valence-corrected chi connectivity index (χ1v) is 11.7. The molecule has 0 aliphatic heterocycles. The van der Waals surface area contributed by atoms with Crippen molar-refractivity contribution >= 4 is 43.8 Å². The van der Waals surface area contributed by atoms with E-state index in [1.54, 1.807) is 35.2 Å². The minimum Gasteiger partial charge on any atom is -0.337 e. The summed E-state index contributed by atoms with van der Waals surface area (Å²) in [5.74, 6) is 0.460. The summed E-state index contributed by atoms with van der Waals surface area (Å²) in [5, 5.41) is 4.76. The van der Waals surface area contributed by atoms with Crippen LogP contribution in [-0.2, 0) is 10.0 Å². The van der Waals surface area contributed by atoms with Crippen LogP contribution in [0.15, 0.2) is 65.8 Å². The van der Waals surface area contributed by atoms with E-state index in [4.69, 9.17) is 11.6 Å². The minimum atomic E-state index is -3.55. The summed E-state index contributed by atoms with van der Waals surface area (Å²) in [5.41, 5.74) is 3.01. The summed E-state index contributed by atoms with van der Waals surface area (Å²) < 4.78 is 28.8. The average molecular weight is 456 g/mol. The quantitative estimate of drug-likeness (QED) is 0.444. The third-order valence-electron chi connectivity index (χ3n) is 4.94. The summed E-state index contributed by atoms with van der Waals surface area (Å²) in [4.78, 5) is 7.84. The fourth-order valence-corrected chi connectivity index (χ4v) is 5.02. The summed E-state index contributed by atoms with van der Waals surface area (Å²) in [6.07, 6.45) is 5.35. The number of hydrogen-bond donors (Lipinski definition) is 1. The van der Waals surface area contributed by atoms with E-state index in [1.807, 2.05) is 50.4 Å². The van der Waals surface area contributed by atoms with E-state index in [-0.39, 0.29) is 4.90 Å². The topological polar surface area (TPSA) is 83.9 Å². The van der Waals surface area contributed by atoms with Crippen LogP contribution in [-0.4, -0.2) is 45.6 Å². The predicted octanol–water partition coefficient (Wildman–Crippen LogP) is 4.52. The fourth-order valence-electron chi connectivity index (χ4n) is 3.32. The number of imidazole rings is 1. The molecule has 0 saturated carbocycles. The molecule has 160 valence electrons. The molecule has 0 bridgehead atoms. The molecule has 1 N–H and O–H groups in total. The van der Waals surface area contributed by atoms with Gasteiger partial charge in [0, 0.05) is 24.8 Å². The Morgan fingerprint density at radius 3 is 2.61 bits per heavy atom. The Balaban J connectivity index is 1.64. The molecule has 2 heterocycles. The van der Waals surface area contributed by atoms with Crippen molar-refractivity contribution in [2.24, 2.45) is 0 Å². The molecule has 0 aliphatic rings. The molecule has 2 aromatic carbocycles. The average Bonchev–Trinajstić information content (AvgIpc) is 3.41. The van der Waals surface area contributed by atoms with Gasteiger partial charge in [0.25, 0.3) is 0 Å². The Morgan fingerprint density at radius 2 is 1.90 bits per heavy atom. The Labute approximate surface area is 186 Å². The van der Waals surface area contributed by atoms with Crippen molar-refractivity contribution in [2.75, 3.05) is 13.1 Å². The van der Waals surface area contributed by atoms with E-state index in [1.165, 1.54) is 4.31 Å². The predicted molar refractivity (Wildman–Crippen MR) is 123 cm³/mol. The first kappa shape index (κ1) is 21.3. The van der Waals surface area contributed by atoms with Crippen molar-refractivity contribution in [1.82, 2.24) is 24.1 Å². The van der Waals surface area contributed by atoms with E-state index in [9.17, 15) is 8.42 Å². The monoisotopic (exact) mass is 455 g/mol. The molecule has 0 fully saturated rings. The Morgan fingerprint density at radius 1 is 1.16 bits per heavy atom. The second-order valence-corrected chi connectivity index (χ2v) is 9.24. The van der Waals surface area contributed by atoms with E-state index < -0.39 is 10.0 Å². The normalized spacial score (nSPS) is 12.7. The van der Waals surface area contributed by atoms with Crippen LogP contribution in [0.5, 0.6) is 0 Å². The molecule has 4 aromatic rings. The van der Waals surface area contributed by atoms with Crippen LogP contribution in [0.2, 0.25) is 0 Å². The molecule has 2 aromatic heterocycles. The molecule has 0 radical (unpaired) electrons. The zero-order valence-corrected chi connectivity index (χ0v) is 18.7. The van der Waals surface area contributed by atoms with Gasteiger partial charge < -0.3 is 4.98 Å². The molecule has 0 amide bonds. The number of aromatic nitrogens is 4. The van der Waals surface area contributed by atoms with Gasteiger partial charge in [-0.05, 0) is 36.4 Å². The zero-order valence-electron chi connectivity index (χ0n) is 17.2. The first-order chi connectivity index (χ1) is 14.9. The third-order valence-corrected chi connectivity index (χ3v) is 7.27. The number of H-pyrrole nitrogens is 1. The molecule has 0 spiro atoms. The van der Waals surface area contributed by atoms with Crippen molar-refractivity contribution in [2.45, 2.75) is 18.7 Å². The number of nitrogens with zero attached hydrogens (tertiary/aromatic N) is 4. The van der Waals surface area contributed by atoms with Crippen molar-refractivity contribution in [3.05, 3.63) is 72.3 Å². The van der Waals surface area contributed by atoms with E-state index in [2.05, 4.69) is 15.1 Å². The van der Waals surface area contributed by atoms with Gasteiger partial charge in [0.15, 0.2) is 0 Å². The maximum atomic E-state index is 12.8. The summed E-state index contributed by atoms with van der Waals surface area (Å²) in [7, 11) is -3.55. The highest BCUT2D eigenvalue weighted by Gasteiger charge is 2.22. The lowest BCUT2D eigenvalue weighted by Gasteiger charge is -2.18. The van der Waals surface area contributed by atoms with Crippen LogP contribution < -0.4 is 0 Å². The molecule has 0 atom stereocenters. The van der Waals surface area contributed by atoms with Crippen molar-refractivity contribution in [3.63, 3.8) is 0 Å². The highest BCUT2D eigenvalue weighted by Crippen LogP contribution is 2.25. The van der Waals surface area contributed by atoms with E-state index >= 15 is 0 Å².